The summed E-state index contributed by atoms with van der Waals surface area (Å²) in [6, 6.07) is 4.27. The highest BCUT2D eigenvalue weighted by molar-refractivity contribution is 5.89. The van der Waals surface area contributed by atoms with Crippen LogP contribution in [-0.2, 0) is 0 Å². The van der Waals surface area contributed by atoms with E-state index in [1.165, 1.54) is 36.9 Å². The minimum Gasteiger partial charge on any atom is -0.369 e. The number of pyridine rings is 1. The number of fused-ring (bicyclic) bond motifs is 1. The van der Waals surface area contributed by atoms with Gasteiger partial charge in [-0.15, -0.1) is 0 Å². The largest absolute Gasteiger partial charge is 0.369 e. The van der Waals surface area contributed by atoms with Gasteiger partial charge in [0.15, 0.2) is 0 Å². The first kappa shape index (κ1) is 10.4. The first-order valence-electron chi connectivity index (χ1n) is 6.78. The summed E-state index contributed by atoms with van der Waals surface area (Å²) in [5.74, 6) is 0. The Morgan fingerprint density at radius 1 is 1.28 bits per heavy atom. The molecule has 0 radical (unpaired) electrons. The Morgan fingerprint density at radius 3 is 3.17 bits per heavy atom. The van der Waals surface area contributed by atoms with E-state index in [9.17, 15) is 0 Å². The third-order valence-corrected chi connectivity index (χ3v) is 4.46. The molecule has 0 bridgehead atoms. The summed E-state index contributed by atoms with van der Waals surface area (Å²) in [7, 11) is 0. The standard InChI is InChI=1S/C14H18N4/c1-4-14(17-6-1)5-9-18(10-14)12-3-8-16-13-11(12)2-7-15-13/h2-3,7-8,17H,1,4-6,9-10H2,(H,15,16)/t14-/m1/s1. The van der Waals surface area contributed by atoms with Crippen LogP contribution < -0.4 is 10.2 Å². The molecule has 0 aromatic carbocycles. The third-order valence-electron chi connectivity index (χ3n) is 4.46. The molecule has 4 heteroatoms. The summed E-state index contributed by atoms with van der Waals surface area (Å²) in [6.45, 7) is 3.47. The smallest absolute Gasteiger partial charge is 0.139 e. The Morgan fingerprint density at radius 2 is 2.28 bits per heavy atom. The average Bonchev–Trinajstić information content (AvgIpc) is 3.11. The monoisotopic (exact) mass is 242 g/mol. The molecule has 1 spiro atoms. The number of aromatic amines is 1. The molecule has 2 N–H and O–H groups in total. The van der Waals surface area contributed by atoms with Gasteiger partial charge in [0.1, 0.15) is 5.65 Å². The van der Waals surface area contributed by atoms with Gasteiger partial charge in [-0.2, -0.15) is 0 Å². The highest BCUT2D eigenvalue weighted by Crippen LogP contribution is 2.35. The zero-order valence-corrected chi connectivity index (χ0v) is 10.4. The third kappa shape index (κ3) is 1.45. The predicted molar refractivity (Wildman–Crippen MR) is 72.9 cm³/mol. The Bertz CT molecular complexity index is 568. The molecule has 4 rings (SSSR count). The van der Waals surface area contributed by atoms with Crippen molar-refractivity contribution in [1.29, 1.82) is 0 Å². The fourth-order valence-corrected chi connectivity index (χ4v) is 3.52. The van der Waals surface area contributed by atoms with Gasteiger partial charge in [-0.1, -0.05) is 0 Å². The lowest BCUT2D eigenvalue weighted by Crippen LogP contribution is -2.42. The van der Waals surface area contributed by atoms with Crippen molar-refractivity contribution < 1.29 is 0 Å². The van der Waals surface area contributed by atoms with E-state index in [1.54, 1.807) is 0 Å². The molecule has 18 heavy (non-hydrogen) atoms. The number of nitrogens with one attached hydrogen (secondary N) is 2. The summed E-state index contributed by atoms with van der Waals surface area (Å²) in [4.78, 5) is 10.1. The molecular weight excluding hydrogens is 224 g/mol. The molecule has 0 amide bonds. The summed E-state index contributed by atoms with van der Waals surface area (Å²) >= 11 is 0. The summed E-state index contributed by atoms with van der Waals surface area (Å²) in [6.07, 6.45) is 7.79. The van der Waals surface area contributed by atoms with Crippen LogP contribution in [0.15, 0.2) is 24.5 Å². The van der Waals surface area contributed by atoms with Gasteiger partial charge in [0.2, 0.25) is 0 Å². The van der Waals surface area contributed by atoms with E-state index in [0.717, 1.165) is 18.7 Å². The first-order valence-corrected chi connectivity index (χ1v) is 6.78. The van der Waals surface area contributed by atoms with Gasteiger partial charge in [-0.25, -0.2) is 4.98 Å². The van der Waals surface area contributed by atoms with E-state index in [2.05, 4.69) is 32.3 Å². The molecule has 2 aromatic rings. The van der Waals surface area contributed by atoms with Crippen molar-refractivity contribution in [2.75, 3.05) is 24.5 Å². The molecule has 94 valence electrons. The minimum atomic E-state index is 0.381. The second-order valence-electron chi connectivity index (χ2n) is 5.55. The molecule has 4 nitrogen and oxygen atoms in total. The van der Waals surface area contributed by atoms with Gasteiger partial charge >= 0.3 is 0 Å². The first-order chi connectivity index (χ1) is 8.86. The Kier molecular flexibility index (Phi) is 2.14. The van der Waals surface area contributed by atoms with Gasteiger partial charge in [-0.3, -0.25) is 0 Å². The van der Waals surface area contributed by atoms with Gasteiger partial charge < -0.3 is 15.2 Å². The van der Waals surface area contributed by atoms with E-state index >= 15 is 0 Å². The van der Waals surface area contributed by atoms with Crippen LogP contribution in [0.3, 0.4) is 0 Å². The van der Waals surface area contributed by atoms with Crippen LogP contribution in [0.2, 0.25) is 0 Å². The highest BCUT2D eigenvalue weighted by Gasteiger charge is 2.40. The Balaban J connectivity index is 1.70. The van der Waals surface area contributed by atoms with E-state index in [-0.39, 0.29) is 0 Å². The predicted octanol–water partition coefficient (Wildman–Crippen LogP) is 1.90. The molecule has 2 saturated heterocycles. The summed E-state index contributed by atoms with van der Waals surface area (Å²) < 4.78 is 0. The van der Waals surface area contributed by atoms with Gasteiger partial charge in [-0.05, 0) is 37.9 Å². The average molecular weight is 242 g/mol. The van der Waals surface area contributed by atoms with E-state index in [4.69, 9.17) is 0 Å². The fourth-order valence-electron chi connectivity index (χ4n) is 3.52. The number of H-pyrrole nitrogens is 1. The number of aromatic nitrogens is 2. The molecule has 2 fully saturated rings. The van der Waals surface area contributed by atoms with Crippen LogP contribution in [-0.4, -0.2) is 35.1 Å². The van der Waals surface area contributed by atoms with E-state index in [1.807, 2.05) is 12.4 Å². The summed E-state index contributed by atoms with van der Waals surface area (Å²) in [5.41, 5.74) is 2.70. The van der Waals surface area contributed by atoms with Crippen molar-refractivity contribution in [2.45, 2.75) is 24.8 Å². The molecular formula is C14H18N4. The van der Waals surface area contributed by atoms with Crippen LogP contribution in [0, 0.1) is 0 Å². The van der Waals surface area contributed by atoms with Gasteiger partial charge in [0.25, 0.3) is 0 Å². The summed E-state index contributed by atoms with van der Waals surface area (Å²) in [5, 5.41) is 4.95. The molecule has 2 aromatic heterocycles. The van der Waals surface area contributed by atoms with Crippen LogP contribution in [0.5, 0.6) is 0 Å². The maximum absolute atomic E-state index is 4.36. The quantitative estimate of drug-likeness (QED) is 0.802. The van der Waals surface area contributed by atoms with Crippen molar-refractivity contribution in [2.24, 2.45) is 0 Å². The maximum atomic E-state index is 4.36. The van der Waals surface area contributed by atoms with Crippen molar-refractivity contribution >= 4 is 16.7 Å². The number of hydrogen-bond acceptors (Lipinski definition) is 3. The normalized spacial score (nSPS) is 27.7. The second kappa shape index (κ2) is 3.72. The molecule has 1 atom stereocenters. The van der Waals surface area contributed by atoms with Crippen LogP contribution in [0.4, 0.5) is 5.69 Å². The lowest BCUT2D eigenvalue weighted by molar-refractivity contribution is 0.419. The molecule has 2 aliphatic rings. The number of nitrogens with zero attached hydrogens (tertiary/aromatic N) is 2. The van der Waals surface area contributed by atoms with Crippen molar-refractivity contribution in [3.63, 3.8) is 0 Å². The molecule has 0 saturated carbocycles. The Labute approximate surface area is 106 Å². The Hall–Kier alpha value is -1.55. The molecule has 4 heterocycles. The number of anilines is 1. The van der Waals surface area contributed by atoms with Gasteiger partial charge in [0, 0.05) is 42.1 Å². The van der Waals surface area contributed by atoms with Crippen molar-refractivity contribution in [1.82, 2.24) is 15.3 Å². The molecule has 2 aliphatic heterocycles. The van der Waals surface area contributed by atoms with E-state index in [0.29, 0.717) is 5.54 Å². The van der Waals surface area contributed by atoms with Crippen LogP contribution in [0.1, 0.15) is 19.3 Å². The van der Waals surface area contributed by atoms with Crippen LogP contribution in [0.25, 0.3) is 11.0 Å². The fraction of sp³-hybridized carbons (Fsp3) is 0.500. The van der Waals surface area contributed by atoms with Crippen LogP contribution >= 0.6 is 0 Å². The lowest BCUT2D eigenvalue weighted by atomic mass is 9.97. The number of rotatable bonds is 1. The SMILES string of the molecule is c1cc(N2CC[C@]3(CCCN3)C2)c2cc[nH]c2n1. The second-order valence-corrected chi connectivity index (χ2v) is 5.55. The molecule has 0 unspecified atom stereocenters. The lowest BCUT2D eigenvalue weighted by Gasteiger charge is -2.25. The topological polar surface area (TPSA) is 44.0 Å². The zero-order valence-electron chi connectivity index (χ0n) is 10.4. The van der Waals surface area contributed by atoms with E-state index < -0.39 is 0 Å². The molecule has 0 aliphatic carbocycles. The van der Waals surface area contributed by atoms with Gasteiger partial charge in [0.05, 0.1) is 0 Å². The maximum Gasteiger partial charge on any atom is 0.139 e. The zero-order chi connectivity index (χ0) is 12.0. The minimum absolute atomic E-state index is 0.381. The van der Waals surface area contributed by atoms with Crippen molar-refractivity contribution in [3.05, 3.63) is 24.5 Å². The van der Waals surface area contributed by atoms with Crippen molar-refractivity contribution in [3.8, 4) is 0 Å². The number of hydrogen-bond donors (Lipinski definition) is 2. The highest BCUT2D eigenvalue weighted by atomic mass is 15.2.